The fourth-order valence-electron chi connectivity index (χ4n) is 1.53. The van der Waals surface area contributed by atoms with Gasteiger partial charge in [-0.2, -0.15) is 0 Å². The molecule has 0 aromatic carbocycles. The quantitative estimate of drug-likeness (QED) is 0.367. The zero-order chi connectivity index (χ0) is 14.0. The highest BCUT2D eigenvalue weighted by Gasteiger charge is 2.21. The molecule has 0 aliphatic rings. The van der Waals surface area contributed by atoms with Gasteiger partial charge < -0.3 is 13.9 Å². The number of hydrogen-bond acceptors (Lipinski definition) is 5. The molecule has 0 aromatic heterocycles. The van der Waals surface area contributed by atoms with Crippen molar-refractivity contribution in [3.63, 3.8) is 0 Å². The number of ether oxygens (including phenoxy) is 2. The Morgan fingerprint density at radius 1 is 1.11 bits per heavy atom. The molecule has 0 fully saturated rings. The van der Waals surface area contributed by atoms with Gasteiger partial charge in [-0.15, -0.1) is 0 Å². The van der Waals surface area contributed by atoms with Crippen molar-refractivity contribution in [2.24, 2.45) is 0 Å². The van der Waals surface area contributed by atoms with E-state index in [0.29, 0.717) is 6.61 Å². The second-order valence-electron chi connectivity index (χ2n) is 4.59. The minimum absolute atomic E-state index is 0.0779. The molecule has 0 aliphatic carbocycles. The molecule has 5 nitrogen and oxygen atoms in total. The van der Waals surface area contributed by atoms with Crippen LogP contribution in [0, 0.1) is 0 Å². The first-order valence-corrected chi connectivity index (χ1v) is 9.39. The van der Waals surface area contributed by atoms with Crippen molar-refractivity contribution in [2.75, 3.05) is 20.3 Å². The molecule has 18 heavy (non-hydrogen) atoms. The minimum Gasteiger partial charge on any atom is -0.469 e. The van der Waals surface area contributed by atoms with E-state index in [0.717, 1.165) is 19.1 Å². The van der Waals surface area contributed by atoms with Crippen LogP contribution in [0.15, 0.2) is 0 Å². The standard InChI is InChI=1S/C12H24O5Si/c1-5-17-18(3,4)10-6-9-16-12(14)8-7-11(13)15-2/h5-10H2,1-4H3. The topological polar surface area (TPSA) is 61.8 Å². The Hall–Kier alpha value is -0.883. The molecule has 106 valence electrons. The number of rotatable bonds is 9. The van der Waals surface area contributed by atoms with E-state index in [4.69, 9.17) is 9.16 Å². The molecule has 0 amide bonds. The van der Waals surface area contributed by atoms with Crippen molar-refractivity contribution >= 4 is 20.3 Å². The predicted molar refractivity (Wildman–Crippen MR) is 70.7 cm³/mol. The average molecular weight is 276 g/mol. The fourth-order valence-corrected chi connectivity index (χ4v) is 3.45. The average Bonchev–Trinajstić information content (AvgIpc) is 2.31. The number of carbonyl (C=O) groups excluding carboxylic acids is 2. The summed E-state index contributed by atoms with van der Waals surface area (Å²) in [4.78, 5) is 22.1. The normalized spacial score (nSPS) is 11.1. The fraction of sp³-hybridized carbons (Fsp3) is 0.833. The summed E-state index contributed by atoms with van der Waals surface area (Å²) in [5, 5.41) is 0. The van der Waals surface area contributed by atoms with Crippen LogP contribution in [0.5, 0.6) is 0 Å². The van der Waals surface area contributed by atoms with Crippen LogP contribution in [-0.4, -0.2) is 40.6 Å². The van der Waals surface area contributed by atoms with Gasteiger partial charge in [0.25, 0.3) is 0 Å². The highest BCUT2D eigenvalue weighted by atomic mass is 28.4. The van der Waals surface area contributed by atoms with Gasteiger partial charge in [0.1, 0.15) is 0 Å². The van der Waals surface area contributed by atoms with Crippen molar-refractivity contribution in [1.82, 2.24) is 0 Å². The Morgan fingerprint density at radius 2 is 1.72 bits per heavy atom. The van der Waals surface area contributed by atoms with E-state index in [2.05, 4.69) is 17.8 Å². The molecule has 6 heteroatoms. The summed E-state index contributed by atoms with van der Waals surface area (Å²) in [7, 11) is -0.283. The first-order chi connectivity index (χ1) is 8.41. The Kier molecular flexibility index (Phi) is 8.65. The molecular weight excluding hydrogens is 252 g/mol. The third kappa shape index (κ3) is 9.18. The smallest absolute Gasteiger partial charge is 0.306 e. The zero-order valence-electron chi connectivity index (χ0n) is 11.8. The lowest BCUT2D eigenvalue weighted by atomic mass is 10.3. The summed E-state index contributed by atoms with van der Waals surface area (Å²) in [6.45, 7) is 7.41. The van der Waals surface area contributed by atoms with E-state index < -0.39 is 14.3 Å². The van der Waals surface area contributed by atoms with E-state index in [-0.39, 0.29) is 18.8 Å². The van der Waals surface area contributed by atoms with Crippen molar-refractivity contribution in [1.29, 1.82) is 0 Å². The van der Waals surface area contributed by atoms with Gasteiger partial charge in [0.15, 0.2) is 8.32 Å². The third-order valence-electron chi connectivity index (χ3n) is 2.48. The van der Waals surface area contributed by atoms with Crippen LogP contribution in [0.3, 0.4) is 0 Å². The van der Waals surface area contributed by atoms with Crippen LogP contribution in [0.2, 0.25) is 19.1 Å². The van der Waals surface area contributed by atoms with Crippen LogP contribution < -0.4 is 0 Å². The summed E-state index contributed by atoms with van der Waals surface area (Å²) in [5.74, 6) is -0.742. The molecule has 0 aromatic rings. The highest BCUT2D eigenvalue weighted by molar-refractivity contribution is 6.71. The number of hydrogen-bond donors (Lipinski definition) is 0. The van der Waals surface area contributed by atoms with Gasteiger partial charge in [-0.1, -0.05) is 0 Å². The van der Waals surface area contributed by atoms with E-state index >= 15 is 0 Å². The second kappa shape index (κ2) is 9.10. The lowest BCUT2D eigenvalue weighted by molar-refractivity contribution is -0.148. The SMILES string of the molecule is CCO[Si](C)(C)CCCOC(=O)CCC(=O)OC. The molecule has 0 spiro atoms. The van der Waals surface area contributed by atoms with Crippen molar-refractivity contribution < 1.29 is 23.5 Å². The largest absolute Gasteiger partial charge is 0.469 e. The molecule has 0 saturated heterocycles. The maximum Gasteiger partial charge on any atom is 0.306 e. The maximum atomic E-state index is 11.3. The van der Waals surface area contributed by atoms with E-state index in [1.165, 1.54) is 7.11 Å². The lowest BCUT2D eigenvalue weighted by Crippen LogP contribution is -2.30. The van der Waals surface area contributed by atoms with E-state index in [9.17, 15) is 9.59 Å². The third-order valence-corrected chi connectivity index (χ3v) is 5.11. The van der Waals surface area contributed by atoms with Crippen molar-refractivity contribution in [3.05, 3.63) is 0 Å². The van der Waals surface area contributed by atoms with Gasteiger partial charge in [-0.25, -0.2) is 0 Å². The Balaban J connectivity index is 3.60. The van der Waals surface area contributed by atoms with Crippen LogP contribution in [0.1, 0.15) is 26.2 Å². The predicted octanol–water partition coefficient (Wildman–Crippen LogP) is 2.11. The van der Waals surface area contributed by atoms with Crippen LogP contribution >= 0.6 is 0 Å². The van der Waals surface area contributed by atoms with Crippen molar-refractivity contribution in [3.8, 4) is 0 Å². The number of esters is 2. The molecule has 0 atom stereocenters. The Bertz CT molecular complexity index is 265. The molecular formula is C12H24O5Si. The summed E-state index contributed by atoms with van der Waals surface area (Å²) in [6.07, 6.45) is 0.969. The summed E-state index contributed by atoms with van der Waals surface area (Å²) in [5.41, 5.74) is 0. The number of carbonyl (C=O) groups is 2. The zero-order valence-corrected chi connectivity index (χ0v) is 12.8. The first-order valence-electron chi connectivity index (χ1n) is 6.27. The molecule has 0 saturated carbocycles. The summed E-state index contributed by atoms with van der Waals surface area (Å²) in [6, 6.07) is 0.963. The molecule has 0 heterocycles. The van der Waals surface area contributed by atoms with Gasteiger partial charge >= 0.3 is 11.9 Å². The van der Waals surface area contributed by atoms with Crippen molar-refractivity contribution in [2.45, 2.75) is 45.3 Å². The van der Waals surface area contributed by atoms with Gasteiger partial charge in [0.05, 0.1) is 26.6 Å². The van der Waals surface area contributed by atoms with Crippen LogP contribution in [0.4, 0.5) is 0 Å². The first kappa shape index (κ1) is 17.1. The van der Waals surface area contributed by atoms with E-state index in [1.807, 2.05) is 6.92 Å². The molecule has 0 unspecified atom stereocenters. The van der Waals surface area contributed by atoms with Gasteiger partial charge in [-0.05, 0) is 32.5 Å². The van der Waals surface area contributed by atoms with Gasteiger partial charge in [-0.3, -0.25) is 9.59 Å². The second-order valence-corrected chi connectivity index (χ2v) is 8.90. The monoisotopic (exact) mass is 276 g/mol. The van der Waals surface area contributed by atoms with Gasteiger partial charge in [0, 0.05) is 6.61 Å². The Labute approximate surface area is 110 Å². The molecule has 0 N–H and O–H groups in total. The molecule has 0 rings (SSSR count). The number of methoxy groups -OCH3 is 1. The summed E-state index contributed by atoms with van der Waals surface area (Å²) >= 11 is 0. The lowest BCUT2D eigenvalue weighted by Gasteiger charge is -2.21. The van der Waals surface area contributed by atoms with E-state index in [1.54, 1.807) is 0 Å². The van der Waals surface area contributed by atoms with Crippen LogP contribution in [-0.2, 0) is 23.5 Å². The van der Waals surface area contributed by atoms with Crippen LogP contribution in [0.25, 0.3) is 0 Å². The highest BCUT2D eigenvalue weighted by Crippen LogP contribution is 2.13. The Morgan fingerprint density at radius 3 is 2.28 bits per heavy atom. The van der Waals surface area contributed by atoms with Gasteiger partial charge in [0.2, 0.25) is 0 Å². The minimum atomic E-state index is -1.58. The maximum absolute atomic E-state index is 11.3. The molecule has 0 radical (unpaired) electrons. The summed E-state index contributed by atoms with van der Waals surface area (Å²) < 4.78 is 15.1. The molecule has 0 bridgehead atoms. The molecule has 0 aliphatic heterocycles.